The van der Waals surface area contributed by atoms with E-state index >= 15 is 0 Å². The second kappa shape index (κ2) is 6.72. The van der Waals surface area contributed by atoms with Gasteiger partial charge in [0, 0.05) is 17.7 Å². The quantitative estimate of drug-likeness (QED) is 0.867. The van der Waals surface area contributed by atoms with Gasteiger partial charge in [-0.05, 0) is 37.5 Å². The van der Waals surface area contributed by atoms with E-state index in [1.54, 1.807) is 19.2 Å². The third-order valence-electron chi connectivity index (χ3n) is 4.31. The van der Waals surface area contributed by atoms with Crippen molar-refractivity contribution in [3.05, 3.63) is 53.2 Å². The lowest BCUT2D eigenvalue weighted by Gasteiger charge is -2.32. The zero-order valence-electron chi connectivity index (χ0n) is 14.1. The van der Waals surface area contributed by atoms with Crippen molar-refractivity contribution in [3.63, 3.8) is 0 Å². The summed E-state index contributed by atoms with van der Waals surface area (Å²) in [6.07, 6.45) is 7.10. The Balaban J connectivity index is 1.45. The molecule has 7 nitrogen and oxygen atoms in total. The summed E-state index contributed by atoms with van der Waals surface area (Å²) in [4.78, 5) is 33.5. The summed E-state index contributed by atoms with van der Waals surface area (Å²) in [6.45, 7) is 1.68. The third kappa shape index (κ3) is 3.11. The van der Waals surface area contributed by atoms with Crippen molar-refractivity contribution in [2.24, 2.45) is 0 Å². The summed E-state index contributed by atoms with van der Waals surface area (Å²) >= 11 is 1.32. The molecule has 2 aromatic rings. The van der Waals surface area contributed by atoms with Gasteiger partial charge in [-0.1, -0.05) is 12.1 Å². The minimum atomic E-state index is -0.677. The number of hydrogen-bond donors (Lipinski definition) is 2. The maximum Gasteiger partial charge on any atom is 0.266 e. The number of hydrogen-bond acceptors (Lipinski definition) is 6. The van der Waals surface area contributed by atoms with Crippen LogP contribution in [-0.2, 0) is 9.59 Å². The predicted molar refractivity (Wildman–Crippen MR) is 98.8 cm³/mol. The number of hydrazine groups is 1. The molecule has 0 saturated carbocycles. The average molecular weight is 367 g/mol. The number of aromatic nitrogens is 2. The van der Waals surface area contributed by atoms with Crippen molar-refractivity contribution in [3.8, 4) is 11.4 Å². The molecule has 1 aliphatic heterocycles. The zero-order chi connectivity index (χ0) is 18.1. The maximum atomic E-state index is 12.6. The highest BCUT2D eigenvalue weighted by atomic mass is 32.1. The first-order chi connectivity index (χ1) is 12.6. The van der Waals surface area contributed by atoms with E-state index in [0.29, 0.717) is 10.8 Å². The van der Waals surface area contributed by atoms with Crippen LogP contribution in [0.25, 0.3) is 11.4 Å². The number of pyridine rings is 1. The number of fused-ring (bicyclic) bond motifs is 1. The molecular weight excluding hydrogens is 350 g/mol. The van der Waals surface area contributed by atoms with Crippen LogP contribution in [0.5, 0.6) is 0 Å². The Kier molecular flexibility index (Phi) is 4.26. The first-order valence-corrected chi connectivity index (χ1v) is 9.18. The molecule has 0 bridgehead atoms. The van der Waals surface area contributed by atoms with Crippen LogP contribution >= 0.6 is 11.3 Å². The van der Waals surface area contributed by atoms with Crippen molar-refractivity contribution in [1.29, 1.82) is 0 Å². The van der Waals surface area contributed by atoms with Crippen molar-refractivity contribution in [2.75, 3.05) is 5.32 Å². The molecule has 0 aromatic carbocycles. The Morgan fingerprint density at radius 1 is 1.38 bits per heavy atom. The van der Waals surface area contributed by atoms with Crippen LogP contribution in [0.1, 0.15) is 19.8 Å². The number of rotatable bonds is 4. The zero-order valence-corrected chi connectivity index (χ0v) is 14.9. The summed E-state index contributed by atoms with van der Waals surface area (Å²) in [6, 6.07) is 4.90. The molecule has 0 radical (unpaired) electrons. The van der Waals surface area contributed by atoms with E-state index in [0.717, 1.165) is 29.8 Å². The number of thiazole rings is 1. The Morgan fingerprint density at radius 3 is 3.08 bits per heavy atom. The minimum Gasteiger partial charge on any atom is -0.300 e. The van der Waals surface area contributed by atoms with E-state index in [1.807, 2.05) is 29.7 Å². The van der Waals surface area contributed by atoms with Gasteiger partial charge < -0.3 is 5.32 Å². The van der Waals surface area contributed by atoms with Crippen LogP contribution in [-0.4, -0.2) is 32.8 Å². The van der Waals surface area contributed by atoms with Gasteiger partial charge in [0.2, 0.25) is 0 Å². The highest BCUT2D eigenvalue weighted by Gasteiger charge is 2.31. The third-order valence-corrected chi connectivity index (χ3v) is 5.07. The molecule has 0 fully saturated rings. The van der Waals surface area contributed by atoms with Crippen LogP contribution in [0, 0.1) is 0 Å². The molecule has 2 aliphatic rings. The fourth-order valence-corrected chi connectivity index (χ4v) is 3.59. The fraction of sp³-hybridized carbons (Fsp3) is 0.222. The monoisotopic (exact) mass is 367 g/mol. The Labute approximate surface area is 154 Å². The number of amides is 2. The van der Waals surface area contributed by atoms with Crippen LogP contribution in [0.4, 0.5) is 5.13 Å². The molecule has 1 atom stereocenters. The Hall–Kier alpha value is -3.00. The van der Waals surface area contributed by atoms with Crippen LogP contribution in [0.2, 0.25) is 0 Å². The molecular formula is C18H17N5O2S. The molecule has 26 heavy (non-hydrogen) atoms. The first kappa shape index (κ1) is 16.5. The predicted octanol–water partition coefficient (Wildman–Crippen LogP) is 2.48. The topological polar surface area (TPSA) is 87.2 Å². The second-order valence-corrected chi connectivity index (χ2v) is 6.92. The molecule has 1 aliphatic carbocycles. The van der Waals surface area contributed by atoms with Gasteiger partial charge in [-0.3, -0.25) is 20.0 Å². The van der Waals surface area contributed by atoms with Crippen molar-refractivity contribution in [2.45, 2.75) is 25.8 Å². The van der Waals surface area contributed by atoms with Gasteiger partial charge in [0.15, 0.2) is 5.13 Å². The van der Waals surface area contributed by atoms with Gasteiger partial charge in [0.05, 0.1) is 11.4 Å². The summed E-state index contributed by atoms with van der Waals surface area (Å²) in [7, 11) is 0. The molecule has 2 N–H and O–H groups in total. The Morgan fingerprint density at radius 2 is 2.27 bits per heavy atom. The highest BCUT2D eigenvalue weighted by molar-refractivity contribution is 7.14. The van der Waals surface area contributed by atoms with E-state index in [2.05, 4.69) is 20.7 Å². The minimum absolute atomic E-state index is 0.213. The number of anilines is 1. The molecule has 1 unspecified atom stereocenters. The van der Waals surface area contributed by atoms with Crippen molar-refractivity contribution >= 4 is 28.3 Å². The second-order valence-electron chi connectivity index (χ2n) is 6.06. The van der Waals surface area contributed by atoms with Crippen molar-refractivity contribution in [1.82, 2.24) is 20.4 Å². The summed E-state index contributed by atoms with van der Waals surface area (Å²) in [5, 5.41) is 6.44. The molecule has 0 spiro atoms. The van der Waals surface area contributed by atoms with Gasteiger partial charge in [-0.15, -0.1) is 11.3 Å². The van der Waals surface area contributed by atoms with Crippen LogP contribution in [0.3, 0.4) is 0 Å². The van der Waals surface area contributed by atoms with E-state index in [1.165, 1.54) is 16.3 Å². The molecule has 2 aromatic heterocycles. The highest BCUT2D eigenvalue weighted by Crippen LogP contribution is 2.27. The summed E-state index contributed by atoms with van der Waals surface area (Å²) in [5.74, 6) is -0.516. The maximum absolute atomic E-state index is 12.6. The summed E-state index contributed by atoms with van der Waals surface area (Å²) in [5.41, 5.74) is 6.41. The smallest absolute Gasteiger partial charge is 0.266 e. The lowest BCUT2D eigenvalue weighted by atomic mass is 10.1. The lowest BCUT2D eigenvalue weighted by Crippen LogP contribution is -2.53. The normalized spacial score (nSPS) is 17.1. The molecule has 8 heteroatoms. The number of nitrogens with one attached hydrogen (secondary N) is 2. The van der Waals surface area contributed by atoms with Gasteiger partial charge in [-0.25, -0.2) is 9.99 Å². The molecule has 2 amide bonds. The fourth-order valence-electron chi connectivity index (χ4n) is 2.89. The molecule has 3 heterocycles. The number of carbonyl (C=O) groups is 2. The average Bonchev–Trinajstić information content (AvgIpc) is 3.30. The van der Waals surface area contributed by atoms with Crippen LogP contribution in [0.15, 0.2) is 53.2 Å². The number of carbonyl (C=O) groups excluding carboxylic acids is 2. The number of allylic oxidation sites excluding steroid dienone is 2. The van der Waals surface area contributed by atoms with E-state index < -0.39 is 6.04 Å². The van der Waals surface area contributed by atoms with Gasteiger partial charge in [-0.2, -0.15) is 0 Å². The van der Waals surface area contributed by atoms with E-state index in [-0.39, 0.29) is 11.8 Å². The molecule has 132 valence electrons. The largest absolute Gasteiger partial charge is 0.300 e. The van der Waals surface area contributed by atoms with Crippen molar-refractivity contribution < 1.29 is 9.59 Å². The van der Waals surface area contributed by atoms with E-state index in [4.69, 9.17) is 0 Å². The Bertz CT molecular complexity index is 919. The summed E-state index contributed by atoms with van der Waals surface area (Å²) < 4.78 is 0. The lowest BCUT2D eigenvalue weighted by molar-refractivity contribution is -0.137. The molecule has 0 saturated heterocycles. The van der Waals surface area contributed by atoms with E-state index in [9.17, 15) is 9.59 Å². The number of nitrogens with zero attached hydrogens (tertiary/aromatic N) is 3. The van der Waals surface area contributed by atoms with Gasteiger partial charge in [0.1, 0.15) is 11.7 Å². The van der Waals surface area contributed by atoms with Gasteiger partial charge >= 0.3 is 0 Å². The van der Waals surface area contributed by atoms with Gasteiger partial charge in [0.25, 0.3) is 11.8 Å². The first-order valence-electron chi connectivity index (χ1n) is 8.30. The SMILES string of the molecule is CC(C(=O)Nc1nc(-c2ccccn2)cs1)N1NC2=CCCC2=CC1=O. The standard InChI is InChI=1S/C18H17N5O2S/c1-11(23-16(24)9-12-5-4-7-13(12)22-23)17(25)21-18-20-15(10-26-18)14-6-2-3-8-19-14/h2-3,6-11,22H,4-5H2,1H3,(H,20,21,25). The van der Waals surface area contributed by atoms with Crippen LogP contribution < -0.4 is 10.7 Å². The molecule has 4 rings (SSSR count).